The number of likely N-dealkylation sites (tertiary alicyclic amines) is 1. The number of halogens is 2. The van der Waals surface area contributed by atoms with Crippen molar-refractivity contribution in [1.29, 1.82) is 0 Å². The van der Waals surface area contributed by atoms with Crippen molar-refractivity contribution in [1.82, 2.24) is 9.27 Å². The van der Waals surface area contributed by atoms with Crippen LogP contribution in [0.15, 0.2) is 53.9 Å². The van der Waals surface area contributed by atoms with Crippen LogP contribution in [0.25, 0.3) is 11.3 Å². The lowest BCUT2D eigenvalue weighted by atomic mass is 9.95. The van der Waals surface area contributed by atoms with E-state index in [-0.39, 0.29) is 17.4 Å². The molecule has 0 unspecified atom stereocenters. The minimum absolute atomic E-state index is 0.118. The van der Waals surface area contributed by atoms with Crippen molar-refractivity contribution in [2.24, 2.45) is 5.92 Å². The lowest BCUT2D eigenvalue weighted by molar-refractivity contribution is -0.121. The van der Waals surface area contributed by atoms with Gasteiger partial charge in [0.05, 0.1) is 11.3 Å². The Morgan fingerprint density at radius 3 is 2.50 bits per heavy atom. The van der Waals surface area contributed by atoms with Crippen molar-refractivity contribution >= 4 is 29.0 Å². The van der Waals surface area contributed by atoms with E-state index in [2.05, 4.69) is 9.69 Å². The summed E-state index contributed by atoms with van der Waals surface area (Å²) >= 11 is 1.27. The maximum absolute atomic E-state index is 13.9. The Hall–Kier alpha value is -3.13. The molecule has 5 nitrogen and oxygen atoms in total. The molecule has 0 atom stereocenters. The number of benzene rings is 2. The third-order valence-electron chi connectivity index (χ3n) is 5.19. The first-order chi connectivity index (χ1) is 14.5. The molecular formula is C22H19F2N3O2S. The molecule has 1 fully saturated rings. The summed E-state index contributed by atoms with van der Waals surface area (Å²) < 4.78 is 31.3. The monoisotopic (exact) mass is 427 g/mol. The van der Waals surface area contributed by atoms with Crippen molar-refractivity contribution < 1.29 is 18.4 Å². The van der Waals surface area contributed by atoms with E-state index in [1.807, 2.05) is 30.3 Å². The topological polar surface area (TPSA) is 62.3 Å². The van der Waals surface area contributed by atoms with Crippen LogP contribution < -0.4 is 5.32 Å². The average Bonchev–Trinajstić information content (AvgIpc) is 3.22. The summed E-state index contributed by atoms with van der Waals surface area (Å²) in [6.07, 6.45) is 0.942. The maximum Gasteiger partial charge on any atom is 0.256 e. The lowest BCUT2D eigenvalue weighted by Gasteiger charge is -2.31. The van der Waals surface area contributed by atoms with E-state index < -0.39 is 17.5 Å². The summed E-state index contributed by atoms with van der Waals surface area (Å²) in [6.45, 7) is 0.669. The van der Waals surface area contributed by atoms with Crippen molar-refractivity contribution in [2.45, 2.75) is 12.8 Å². The highest BCUT2D eigenvalue weighted by molar-refractivity contribution is 7.04. The van der Waals surface area contributed by atoms with Crippen molar-refractivity contribution in [3.05, 3.63) is 71.1 Å². The molecule has 8 heteroatoms. The van der Waals surface area contributed by atoms with Gasteiger partial charge in [0, 0.05) is 36.0 Å². The highest BCUT2D eigenvalue weighted by Crippen LogP contribution is 2.30. The van der Waals surface area contributed by atoms with Gasteiger partial charge in [-0.3, -0.25) is 9.59 Å². The standard InChI is InChI=1S/C22H19F2N3O2S/c23-16-6-7-17(18(24)12-16)22(29)27-10-8-15(9-11-27)21(28)25-19-13-30-26-20(19)14-4-2-1-3-5-14/h1-7,12-13,15H,8-11H2,(H,25,28). The SMILES string of the molecule is O=C(Nc1csnc1-c1ccccc1)C1CCN(C(=O)c2ccc(F)cc2F)CC1. The fourth-order valence-corrected chi connectivity index (χ4v) is 4.18. The third kappa shape index (κ3) is 4.23. The molecule has 1 aliphatic rings. The first kappa shape index (κ1) is 20.2. The molecule has 4 rings (SSSR count). The van der Waals surface area contributed by atoms with Gasteiger partial charge >= 0.3 is 0 Å². The second kappa shape index (κ2) is 8.71. The molecule has 154 valence electrons. The second-order valence-electron chi connectivity index (χ2n) is 7.12. The Labute approximate surface area is 176 Å². The molecule has 0 spiro atoms. The normalized spacial score (nSPS) is 14.5. The number of rotatable bonds is 4. The van der Waals surface area contributed by atoms with E-state index in [4.69, 9.17) is 0 Å². The van der Waals surface area contributed by atoms with E-state index in [0.29, 0.717) is 37.7 Å². The Kier molecular flexibility index (Phi) is 5.85. The van der Waals surface area contributed by atoms with Crippen LogP contribution in [-0.4, -0.2) is 34.2 Å². The summed E-state index contributed by atoms with van der Waals surface area (Å²) in [5.74, 6) is -2.46. The fourth-order valence-electron chi connectivity index (χ4n) is 3.54. The van der Waals surface area contributed by atoms with Gasteiger partial charge in [-0.2, -0.15) is 4.37 Å². The van der Waals surface area contributed by atoms with Crippen molar-refractivity contribution in [3.63, 3.8) is 0 Å². The molecule has 0 radical (unpaired) electrons. The van der Waals surface area contributed by atoms with E-state index in [1.165, 1.54) is 16.4 Å². The smallest absolute Gasteiger partial charge is 0.256 e. The molecule has 1 N–H and O–H groups in total. The average molecular weight is 427 g/mol. The number of piperidine rings is 1. The minimum atomic E-state index is -0.877. The quantitative estimate of drug-likeness (QED) is 0.663. The van der Waals surface area contributed by atoms with Gasteiger partial charge in [0.15, 0.2) is 0 Å². The molecular weight excluding hydrogens is 408 g/mol. The van der Waals surface area contributed by atoms with Crippen LogP contribution in [0.2, 0.25) is 0 Å². The molecule has 2 amide bonds. The van der Waals surface area contributed by atoms with Crippen LogP contribution >= 0.6 is 11.5 Å². The largest absolute Gasteiger partial charge is 0.339 e. The summed E-state index contributed by atoms with van der Waals surface area (Å²) in [4.78, 5) is 26.8. The number of nitrogens with zero attached hydrogens (tertiary/aromatic N) is 2. The van der Waals surface area contributed by atoms with E-state index in [0.717, 1.165) is 23.4 Å². The number of hydrogen-bond donors (Lipinski definition) is 1. The first-order valence-electron chi connectivity index (χ1n) is 9.58. The predicted molar refractivity (Wildman–Crippen MR) is 111 cm³/mol. The van der Waals surface area contributed by atoms with Gasteiger partial charge < -0.3 is 10.2 Å². The number of carbonyl (C=O) groups is 2. The molecule has 0 aliphatic carbocycles. The predicted octanol–water partition coefficient (Wildman–Crippen LogP) is 4.58. The molecule has 1 aliphatic heterocycles. The number of aromatic nitrogens is 1. The van der Waals surface area contributed by atoms with Gasteiger partial charge in [0.25, 0.3) is 5.91 Å². The van der Waals surface area contributed by atoms with Gasteiger partial charge in [-0.15, -0.1) is 0 Å². The van der Waals surface area contributed by atoms with Crippen LogP contribution in [0.3, 0.4) is 0 Å². The van der Waals surface area contributed by atoms with E-state index in [9.17, 15) is 18.4 Å². The van der Waals surface area contributed by atoms with Gasteiger partial charge in [0.1, 0.15) is 17.3 Å². The van der Waals surface area contributed by atoms with E-state index >= 15 is 0 Å². The molecule has 2 heterocycles. The number of nitrogens with one attached hydrogen (secondary N) is 1. The van der Waals surface area contributed by atoms with Gasteiger partial charge in [0.2, 0.25) is 5.91 Å². The maximum atomic E-state index is 13.9. The lowest BCUT2D eigenvalue weighted by Crippen LogP contribution is -2.41. The molecule has 3 aromatic rings. The fraction of sp³-hybridized carbons (Fsp3) is 0.227. The zero-order chi connectivity index (χ0) is 21.1. The Bertz CT molecular complexity index is 1060. The molecule has 0 bridgehead atoms. The van der Waals surface area contributed by atoms with Crippen LogP contribution in [-0.2, 0) is 4.79 Å². The van der Waals surface area contributed by atoms with Crippen LogP contribution in [0, 0.1) is 17.6 Å². The van der Waals surface area contributed by atoms with Crippen LogP contribution in [0.4, 0.5) is 14.5 Å². The first-order valence-corrected chi connectivity index (χ1v) is 10.4. The molecule has 0 saturated carbocycles. The highest BCUT2D eigenvalue weighted by Gasteiger charge is 2.29. The van der Waals surface area contributed by atoms with Gasteiger partial charge in [-0.25, -0.2) is 8.78 Å². The molecule has 1 saturated heterocycles. The number of carbonyl (C=O) groups excluding carboxylic acids is 2. The summed E-state index contributed by atoms with van der Waals surface area (Å²) in [5, 5.41) is 4.76. The van der Waals surface area contributed by atoms with Gasteiger partial charge in [-0.05, 0) is 36.5 Å². The number of hydrogen-bond acceptors (Lipinski definition) is 4. The highest BCUT2D eigenvalue weighted by atomic mass is 32.1. The summed E-state index contributed by atoms with van der Waals surface area (Å²) in [7, 11) is 0. The van der Waals surface area contributed by atoms with Gasteiger partial charge in [-0.1, -0.05) is 30.3 Å². The Balaban J connectivity index is 1.37. The number of anilines is 1. The van der Waals surface area contributed by atoms with Crippen molar-refractivity contribution in [3.8, 4) is 11.3 Å². The van der Waals surface area contributed by atoms with Crippen LogP contribution in [0.1, 0.15) is 23.2 Å². The molecule has 1 aromatic heterocycles. The Morgan fingerprint density at radius 2 is 1.80 bits per heavy atom. The minimum Gasteiger partial charge on any atom is -0.339 e. The summed E-state index contributed by atoms with van der Waals surface area (Å²) in [6, 6.07) is 12.5. The molecule has 30 heavy (non-hydrogen) atoms. The van der Waals surface area contributed by atoms with Crippen LogP contribution in [0.5, 0.6) is 0 Å². The third-order valence-corrected chi connectivity index (χ3v) is 5.82. The summed E-state index contributed by atoms with van der Waals surface area (Å²) in [5.41, 5.74) is 2.17. The molecule has 2 aromatic carbocycles. The zero-order valence-corrected chi connectivity index (χ0v) is 16.8. The Morgan fingerprint density at radius 1 is 1.07 bits per heavy atom. The second-order valence-corrected chi connectivity index (χ2v) is 7.75. The van der Waals surface area contributed by atoms with E-state index in [1.54, 1.807) is 5.38 Å². The zero-order valence-electron chi connectivity index (χ0n) is 16.0. The number of amides is 2. The van der Waals surface area contributed by atoms with Crippen molar-refractivity contribution in [2.75, 3.05) is 18.4 Å².